The summed E-state index contributed by atoms with van der Waals surface area (Å²) in [5, 5.41) is 77.4. The van der Waals surface area contributed by atoms with Gasteiger partial charge in [-0.3, -0.25) is 19.4 Å². The Kier molecular flexibility index (Phi) is 44.7. The second-order valence-electron chi connectivity index (χ2n) is 12.4. The molecular formula is C33H74N6O12. The van der Waals surface area contributed by atoms with E-state index in [9.17, 15) is 19.5 Å². The van der Waals surface area contributed by atoms with Crippen molar-refractivity contribution < 1.29 is 60.3 Å². The number of aliphatic carboxylic acids is 2. The summed E-state index contributed by atoms with van der Waals surface area (Å²) >= 11 is 0. The van der Waals surface area contributed by atoms with Crippen molar-refractivity contribution in [2.45, 2.75) is 38.7 Å². The predicted molar refractivity (Wildman–Crippen MR) is 197 cm³/mol. The number of Topliss-reactive ketones (excluding diaryl/α,β-unsaturated/α-hetero) is 1. The third-order valence-corrected chi connectivity index (χ3v) is 6.85. The molecule has 0 amide bonds. The van der Waals surface area contributed by atoms with Crippen LogP contribution in [0.1, 0.15) is 32.6 Å². The highest BCUT2D eigenvalue weighted by molar-refractivity contribution is 6.32. The highest BCUT2D eigenvalue weighted by Gasteiger charge is 2.12. The van der Waals surface area contributed by atoms with Crippen LogP contribution in [0.3, 0.4) is 0 Å². The number of carboxylic acid groups (broad SMARTS) is 2. The Morgan fingerprint density at radius 2 is 0.843 bits per heavy atom. The molecule has 9 N–H and O–H groups in total. The third-order valence-electron chi connectivity index (χ3n) is 6.85. The quantitative estimate of drug-likeness (QED) is 0.0337. The van der Waals surface area contributed by atoms with Crippen molar-refractivity contribution in [3.8, 4) is 0 Å². The molecule has 0 bridgehead atoms. The molecule has 0 rings (SSSR count). The van der Waals surface area contributed by atoms with Crippen LogP contribution in [0.25, 0.3) is 0 Å². The first kappa shape index (κ1) is 55.8. The van der Waals surface area contributed by atoms with Gasteiger partial charge in [-0.05, 0) is 81.2 Å². The first-order chi connectivity index (χ1) is 24.0. The van der Waals surface area contributed by atoms with Gasteiger partial charge < -0.3 is 65.6 Å². The molecule has 0 aliphatic carbocycles. The highest BCUT2D eigenvalue weighted by atomic mass is 16.4. The van der Waals surface area contributed by atoms with Crippen molar-refractivity contribution in [1.82, 2.24) is 29.4 Å². The summed E-state index contributed by atoms with van der Waals surface area (Å²) in [6, 6.07) is 0. The Balaban J connectivity index is -0.000000301. The van der Waals surface area contributed by atoms with E-state index in [0.717, 1.165) is 32.7 Å². The zero-order valence-corrected chi connectivity index (χ0v) is 32.3. The number of ketones is 1. The molecule has 18 nitrogen and oxygen atoms in total. The smallest absolute Gasteiger partial charge is 0.372 e. The minimum absolute atomic E-state index is 0.0694. The molecule has 1 unspecified atom stereocenters. The van der Waals surface area contributed by atoms with Crippen molar-refractivity contribution in [1.29, 1.82) is 0 Å². The molecule has 51 heavy (non-hydrogen) atoms. The number of likely N-dealkylation sites (N-methyl/N-ethyl adjacent to an activating group) is 1. The molecule has 0 fully saturated rings. The molecule has 0 aliphatic rings. The van der Waals surface area contributed by atoms with E-state index in [-0.39, 0.29) is 45.7 Å². The van der Waals surface area contributed by atoms with Crippen LogP contribution in [0.4, 0.5) is 0 Å². The molecule has 0 heterocycles. The van der Waals surface area contributed by atoms with Crippen LogP contribution in [0.2, 0.25) is 0 Å². The zero-order chi connectivity index (χ0) is 40.0. The number of nitrogens with zero attached hydrogens (tertiary/aromatic N) is 6. The maximum atomic E-state index is 10.2. The Labute approximate surface area is 306 Å². The van der Waals surface area contributed by atoms with E-state index in [4.69, 9.17) is 40.9 Å². The van der Waals surface area contributed by atoms with Crippen LogP contribution in [0.5, 0.6) is 0 Å². The second kappa shape index (κ2) is 40.9. The minimum Gasteiger partial charge on any atom is -0.481 e. The van der Waals surface area contributed by atoms with Gasteiger partial charge in [0.1, 0.15) is 0 Å². The van der Waals surface area contributed by atoms with Gasteiger partial charge in [-0.25, -0.2) is 4.79 Å². The minimum atomic E-state index is -1.58. The average molecular weight is 747 g/mol. The molecular weight excluding hydrogens is 672 g/mol. The van der Waals surface area contributed by atoms with Crippen LogP contribution in [-0.4, -0.2) is 259 Å². The summed E-state index contributed by atoms with van der Waals surface area (Å²) in [4.78, 5) is 42.3. The third kappa shape index (κ3) is 48.1. The largest absolute Gasteiger partial charge is 0.481 e. The van der Waals surface area contributed by atoms with E-state index in [1.807, 2.05) is 28.7 Å². The fourth-order valence-electron chi connectivity index (χ4n) is 4.19. The molecule has 18 heteroatoms. The van der Waals surface area contributed by atoms with Crippen molar-refractivity contribution >= 4 is 17.7 Å². The summed E-state index contributed by atoms with van der Waals surface area (Å²) in [5.74, 6) is -3.82. The van der Waals surface area contributed by atoms with Crippen molar-refractivity contribution in [3.05, 3.63) is 0 Å². The van der Waals surface area contributed by atoms with Gasteiger partial charge in [-0.15, -0.1) is 0 Å². The van der Waals surface area contributed by atoms with Crippen LogP contribution in [-0.2, 0) is 14.4 Å². The normalized spacial score (nSPS) is 11.7. The van der Waals surface area contributed by atoms with Gasteiger partial charge in [0.25, 0.3) is 0 Å². The van der Waals surface area contributed by atoms with E-state index in [2.05, 4.69) is 42.9 Å². The SMILES string of the molecule is CC(O)CN(CCCN(C)C)CCCN(C)C.CN(CCO)CCO.O=C(O)CCC(=O)C(=O)O.OCCN(CCO)CCN(CCO)CCO. The number of carbonyl (C=O) groups is 3. The van der Waals surface area contributed by atoms with Crippen LogP contribution in [0, 0.1) is 0 Å². The number of aliphatic hydroxyl groups is 7. The monoisotopic (exact) mass is 747 g/mol. The maximum Gasteiger partial charge on any atom is 0.372 e. The number of hydrogen-bond acceptors (Lipinski definition) is 16. The topological polar surface area (TPSA) is 253 Å². The fraction of sp³-hybridized carbons (Fsp3) is 0.909. The number of hydrogen-bond donors (Lipinski definition) is 9. The first-order valence-electron chi connectivity index (χ1n) is 17.5. The van der Waals surface area contributed by atoms with Gasteiger partial charge in [-0.1, -0.05) is 0 Å². The molecule has 0 aromatic heterocycles. The number of aliphatic hydroxyl groups excluding tert-OH is 7. The highest BCUT2D eigenvalue weighted by Crippen LogP contribution is 1.99. The van der Waals surface area contributed by atoms with Crippen molar-refractivity contribution in [3.63, 3.8) is 0 Å². The van der Waals surface area contributed by atoms with Gasteiger partial charge in [0.2, 0.25) is 5.78 Å². The Bertz CT molecular complexity index is 737. The molecule has 0 aromatic carbocycles. The van der Waals surface area contributed by atoms with E-state index in [0.29, 0.717) is 52.4 Å². The lowest BCUT2D eigenvalue weighted by molar-refractivity contribution is -0.149. The molecule has 1 atom stereocenters. The Morgan fingerprint density at radius 3 is 1.10 bits per heavy atom. The van der Waals surface area contributed by atoms with Crippen LogP contribution < -0.4 is 0 Å². The van der Waals surface area contributed by atoms with E-state index < -0.39 is 30.6 Å². The number of carboxylic acids is 2. The summed E-state index contributed by atoms with van der Waals surface area (Å²) < 4.78 is 0. The van der Waals surface area contributed by atoms with E-state index in [1.165, 1.54) is 12.8 Å². The van der Waals surface area contributed by atoms with Crippen molar-refractivity contribution in [2.24, 2.45) is 0 Å². The number of carbonyl (C=O) groups excluding carboxylic acids is 1. The molecule has 0 radical (unpaired) electrons. The molecule has 308 valence electrons. The Morgan fingerprint density at radius 1 is 0.490 bits per heavy atom. The molecule has 0 saturated heterocycles. The summed E-state index contributed by atoms with van der Waals surface area (Å²) in [5.41, 5.74) is 0. The van der Waals surface area contributed by atoms with Gasteiger partial charge >= 0.3 is 11.9 Å². The molecule has 0 saturated carbocycles. The van der Waals surface area contributed by atoms with Gasteiger partial charge in [0.05, 0.1) is 52.2 Å². The molecule has 0 aromatic rings. The molecule has 0 aliphatic heterocycles. The van der Waals surface area contributed by atoms with Gasteiger partial charge in [0, 0.05) is 65.3 Å². The lowest BCUT2D eigenvalue weighted by atomic mass is 10.2. The van der Waals surface area contributed by atoms with E-state index >= 15 is 0 Å². The average Bonchev–Trinajstić information content (AvgIpc) is 3.03. The fourth-order valence-corrected chi connectivity index (χ4v) is 4.19. The number of rotatable bonds is 29. The predicted octanol–water partition coefficient (Wildman–Crippen LogP) is -3.46. The summed E-state index contributed by atoms with van der Waals surface area (Å²) in [7, 11) is 10.3. The zero-order valence-electron chi connectivity index (χ0n) is 32.3. The van der Waals surface area contributed by atoms with Gasteiger partial charge in [-0.2, -0.15) is 0 Å². The van der Waals surface area contributed by atoms with Crippen LogP contribution >= 0.6 is 0 Å². The van der Waals surface area contributed by atoms with Crippen LogP contribution in [0.15, 0.2) is 0 Å². The summed E-state index contributed by atoms with van der Waals surface area (Å²) in [6.45, 7) is 12.5. The van der Waals surface area contributed by atoms with E-state index in [1.54, 1.807) is 0 Å². The molecule has 0 spiro atoms. The maximum absolute atomic E-state index is 10.2. The second-order valence-corrected chi connectivity index (χ2v) is 12.4. The lowest BCUT2D eigenvalue weighted by Gasteiger charge is -2.25. The van der Waals surface area contributed by atoms with Crippen molar-refractivity contribution in [2.75, 3.05) is 160 Å². The van der Waals surface area contributed by atoms with Gasteiger partial charge in [0.15, 0.2) is 0 Å². The lowest BCUT2D eigenvalue weighted by Crippen LogP contribution is -2.40. The first-order valence-corrected chi connectivity index (χ1v) is 17.5. The standard InChI is InChI=1S/C13H31N3O.C10H24N2O4.C5H13NO2.C5H6O5/c1-13(17)12-16(10-6-8-14(2)3)11-7-9-15(4)5;13-7-3-11(4-8-14)1-2-12(5-9-15)6-10-16;1-6(2-4-7)3-5-8;6-3(5(9)10)1-2-4(7)8/h13,17H,6-12H2,1-5H3;13-16H,1-10H2;7-8H,2-5H2,1H3;1-2H2,(H,7,8)(H,9,10). The Hall–Kier alpha value is -1.91. The summed E-state index contributed by atoms with van der Waals surface area (Å²) in [6.07, 6.45) is 1.24.